The first-order valence-electron chi connectivity index (χ1n) is 9.49. The van der Waals surface area contributed by atoms with Crippen LogP contribution in [0.5, 0.6) is 0 Å². The molecule has 0 bridgehead atoms. The van der Waals surface area contributed by atoms with Crippen LogP contribution >= 0.6 is 23.2 Å². The number of hydrogen-bond acceptors (Lipinski definition) is 3. The number of nitrogens with one attached hydrogen (secondary N) is 1. The lowest BCUT2D eigenvalue weighted by Gasteiger charge is -2.24. The van der Waals surface area contributed by atoms with E-state index in [0.717, 1.165) is 29.0 Å². The number of halogens is 2. The number of amides is 1. The molecule has 0 saturated carbocycles. The Kier molecular flexibility index (Phi) is 6.76. The summed E-state index contributed by atoms with van der Waals surface area (Å²) in [7, 11) is -3.72. The van der Waals surface area contributed by atoms with Crippen LogP contribution in [-0.4, -0.2) is 27.1 Å². The minimum Gasteiger partial charge on any atom is -0.348 e. The van der Waals surface area contributed by atoms with Gasteiger partial charge in [-0.25, -0.2) is 8.42 Å². The molecule has 0 aliphatic heterocycles. The van der Waals surface area contributed by atoms with Crippen LogP contribution in [0.3, 0.4) is 0 Å². The van der Waals surface area contributed by atoms with Gasteiger partial charge >= 0.3 is 0 Å². The molecule has 2 aromatic carbocycles. The molecule has 0 spiro atoms. The van der Waals surface area contributed by atoms with Gasteiger partial charge < -0.3 is 5.32 Å². The second-order valence-corrected chi connectivity index (χ2v) is 10.1. The molecule has 0 fully saturated rings. The minimum atomic E-state index is -3.72. The van der Waals surface area contributed by atoms with Crippen LogP contribution in [0.4, 0.5) is 5.69 Å². The lowest BCUT2D eigenvalue weighted by molar-refractivity contribution is -0.120. The van der Waals surface area contributed by atoms with E-state index in [9.17, 15) is 13.2 Å². The topological polar surface area (TPSA) is 66.5 Å². The number of carbonyl (C=O) groups excluding carboxylic acids is 1. The van der Waals surface area contributed by atoms with Crippen molar-refractivity contribution >= 4 is 44.8 Å². The zero-order chi connectivity index (χ0) is 21.2. The molecule has 1 aliphatic rings. The maximum absolute atomic E-state index is 12.6. The zero-order valence-corrected chi connectivity index (χ0v) is 18.7. The average Bonchev–Trinajstić information content (AvgIpc) is 2.65. The lowest BCUT2D eigenvalue weighted by Crippen LogP contribution is -2.41. The first-order valence-corrected chi connectivity index (χ1v) is 12.1. The summed E-state index contributed by atoms with van der Waals surface area (Å²) in [5.74, 6) is -0.410. The quantitative estimate of drug-likeness (QED) is 0.697. The molecular weight excluding hydrogens is 431 g/mol. The van der Waals surface area contributed by atoms with Crippen molar-refractivity contribution in [3.05, 3.63) is 63.1 Å². The molecule has 1 aliphatic carbocycles. The summed E-state index contributed by atoms with van der Waals surface area (Å²) in [6.45, 7) is 1.53. The van der Waals surface area contributed by atoms with Crippen molar-refractivity contribution in [2.45, 2.75) is 38.6 Å². The molecule has 0 saturated heterocycles. The predicted molar refractivity (Wildman–Crippen MR) is 118 cm³/mol. The number of aryl methyl sites for hydroxylation is 2. The van der Waals surface area contributed by atoms with Gasteiger partial charge in [-0.1, -0.05) is 41.4 Å². The largest absolute Gasteiger partial charge is 0.348 e. The van der Waals surface area contributed by atoms with Crippen molar-refractivity contribution in [2.24, 2.45) is 0 Å². The highest BCUT2D eigenvalue weighted by Gasteiger charge is 2.24. The number of sulfonamides is 1. The summed E-state index contributed by atoms with van der Waals surface area (Å²) in [5.41, 5.74) is 3.93. The van der Waals surface area contributed by atoms with Crippen LogP contribution in [0.25, 0.3) is 0 Å². The van der Waals surface area contributed by atoms with Crippen molar-refractivity contribution in [2.75, 3.05) is 17.1 Å². The van der Waals surface area contributed by atoms with Crippen molar-refractivity contribution in [1.82, 2.24) is 5.32 Å². The third-order valence-electron chi connectivity index (χ3n) is 5.12. The summed E-state index contributed by atoms with van der Waals surface area (Å²) < 4.78 is 25.5. The van der Waals surface area contributed by atoms with E-state index in [1.807, 2.05) is 13.0 Å². The summed E-state index contributed by atoms with van der Waals surface area (Å²) in [6.07, 6.45) is 5.59. The number of rotatable bonds is 6. The molecule has 8 heteroatoms. The molecule has 2 aromatic rings. The van der Waals surface area contributed by atoms with Gasteiger partial charge in [-0.2, -0.15) is 0 Å². The second kappa shape index (κ2) is 8.94. The van der Waals surface area contributed by atoms with Gasteiger partial charge in [-0.3, -0.25) is 9.10 Å². The Labute approximate surface area is 182 Å². The number of nitrogens with zero attached hydrogens (tertiary/aromatic N) is 1. The Hall–Kier alpha value is -1.76. The Morgan fingerprint density at radius 1 is 1.10 bits per heavy atom. The van der Waals surface area contributed by atoms with Gasteiger partial charge in [-0.05, 0) is 67.5 Å². The number of benzene rings is 2. The van der Waals surface area contributed by atoms with Crippen LogP contribution in [-0.2, 0) is 27.7 Å². The van der Waals surface area contributed by atoms with E-state index >= 15 is 0 Å². The Bertz CT molecular complexity index is 1020. The van der Waals surface area contributed by atoms with Crippen LogP contribution in [0.1, 0.15) is 42.5 Å². The van der Waals surface area contributed by atoms with Crippen molar-refractivity contribution in [3.63, 3.8) is 0 Å². The van der Waals surface area contributed by atoms with E-state index in [1.165, 1.54) is 42.2 Å². The molecule has 29 heavy (non-hydrogen) atoms. The minimum absolute atomic E-state index is 0.165. The van der Waals surface area contributed by atoms with Crippen LogP contribution in [0, 0.1) is 0 Å². The summed E-state index contributed by atoms with van der Waals surface area (Å²) in [5, 5.41) is 3.44. The zero-order valence-electron chi connectivity index (χ0n) is 16.4. The van der Waals surface area contributed by atoms with E-state index < -0.39 is 15.9 Å². The maximum Gasteiger partial charge on any atom is 0.241 e. The Morgan fingerprint density at radius 2 is 1.79 bits per heavy atom. The van der Waals surface area contributed by atoms with E-state index in [1.54, 1.807) is 0 Å². The standard InChI is InChI=1S/C21H24Cl2N2O3S/c1-14(16-8-7-15-5-3-4-6-17(15)11-16)24-21(26)13-25(29(2,27)28)20-10-9-18(22)12-19(20)23/h7-12,14H,3-6,13H2,1-2H3,(H,24,26). The third-order valence-corrected chi connectivity index (χ3v) is 6.78. The van der Waals surface area contributed by atoms with E-state index in [-0.39, 0.29) is 23.3 Å². The molecule has 1 amide bonds. The molecule has 1 N–H and O–H groups in total. The summed E-state index contributed by atoms with van der Waals surface area (Å²) in [6, 6.07) is 10.5. The van der Waals surface area contributed by atoms with Gasteiger partial charge in [0.25, 0.3) is 0 Å². The van der Waals surface area contributed by atoms with E-state index in [4.69, 9.17) is 23.2 Å². The van der Waals surface area contributed by atoms with Gasteiger partial charge in [0.1, 0.15) is 6.54 Å². The van der Waals surface area contributed by atoms with Crippen molar-refractivity contribution in [1.29, 1.82) is 0 Å². The van der Waals surface area contributed by atoms with Gasteiger partial charge in [-0.15, -0.1) is 0 Å². The monoisotopic (exact) mass is 454 g/mol. The third kappa shape index (κ3) is 5.44. The predicted octanol–water partition coefficient (Wildman–Crippen LogP) is 4.52. The second-order valence-electron chi connectivity index (χ2n) is 7.39. The Balaban J connectivity index is 1.75. The van der Waals surface area contributed by atoms with Crippen molar-refractivity contribution < 1.29 is 13.2 Å². The number of hydrogen-bond donors (Lipinski definition) is 1. The fourth-order valence-electron chi connectivity index (χ4n) is 3.59. The highest BCUT2D eigenvalue weighted by atomic mass is 35.5. The highest BCUT2D eigenvalue weighted by Crippen LogP contribution is 2.30. The van der Waals surface area contributed by atoms with Gasteiger partial charge in [0.15, 0.2) is 0 Å². The van der Waals surface area contributed by atoms with Crippen LogP contribution < -0.4 is 9.62 Å². The van der Waals surface area contributed by atoms with Crippen molar-refractivity contribution in [3.8, 4) is 0 Å². The number of fused-ring (bicyclic) bond motifs is 1. The fraction of sp³-hybridized carbons (Fsp3) is 0.381. The van der Waals surface area contributed by atoms with Crippen LogP contribution in [0.15, 0.2) is 36.4 Å². The van der Waals surface area contributed by atoms with Gasteiger partial charge in [0.2, 0.25) is 15.9 Å². The SMILES string of the molecule is CC(NC(=O)CN(c1ccc(Cl)cc1Cl)S(C)(=O)=O)c1ccc2c(c1)CCCC2. The molecule has 3 rings (SSSR count). The first-order chi connectivity index (χ1) is 13.6. The number of anilines is 1. The molecule has 0 radical (unpaired) electrons. The molecule has 0 heterocycles. The molecule has 5 nitrogen and oxygen atoms in total. The molecule has 0 aromatic heterocycles. The Morgan fingerprint density at radius 3 is 2.45 bits per heavy atom. The first kappa shape index (κ1) is 21.9. The van der Waals surface area contributed by atoms with Crippen LogP contribution in [0.2, 0.25) is 10.0 Å². The summed E-state index contributed by atoms with van der Waals surface area (Å²) in [4.78, 5) is 12.6. The summed E-state index contributed by atoms with van der Waals surface area (Å²) >= 11 is 12.1. The highest BCUT2D eigenvalue weighted by molar-refractivity contribution is 7.92. The molecular formula is C21H24Cl2N2O3S. The van der Waals surface area contributed by atoms with E-state index in [0.29, 0.717) is 5.02 Å². The van der Waals surface area contributed by atoms with E-state index in [2.05, 4.69) is 17.4 Å². The molecule has 1 unspecified atom stereocenters. The number of carbonyl (C=O) groups is 1. The smallest absolute Gasteiger partial charge is 0.241 e. The van der Waals surface area contributed by atoms with Gasteiger partial charge in [0, 0.05) is 5.02 Å². The normalized spacial score (nSPS) is 14.8. The molecule has 1 atom stereocenters. The molecule has 156 valence electrons. The average molecular weight is 455 g/mol. The lowest BCUT2D eigenvalue weighted by atomic mass is 9.89. The maximum atomic E-state index is 12.6. The van der Waals surface area contributed by atoms with Gasteiger partial charge in [0.05, 0.1) is 23.0 Å². The fourth-order valence-corrected chi connectivity index (χ4v) is 5.02.